The number of hydrogen-bond acceptors (Lipinski definition) is 6. The van der Waals surface area contributed by atoms with Crippen molar-refractivity contribution in [1.29, 1.82) is 0 Å². The molecule has 0 saturated carbocycles. The lowest BCUT2D eigenvalue weighted by Crippen LogP contribution is -2.45. The second-order valence-corrected chi connectivity index (χ2v) is 5.49. The van der Waals surface area contributed by atoms with Crippen LogP contribution in [0.1, 0.15) is 25.5 Å². The molecule has 0 bridgehead atoms. The minimum Gasteiger partial charge on any atom is -0.493 e. The SMILES string of the molecule is CCOCCOC(=O)C1=C(C)NC(=O)N[C@@H]1c1cccc(OC)c1OC. The van der Waals surface area contributed by atoms with Crippen molar-refractivity contribution in [3.05, 3.63) is 35.0 Å². The summed E-state index contributed by atoms with van der Waals surface area (Å²) in [6.07, 6.45) is 0. The van der Waals surface area contributed by atoms with Crippen LogP contribution in [0, 0.1) is 0 Å². The molecule has 0 aliphatic carbocycles. The fourth-order valence-electron chi connectivity index (χ4n) is 2.75. The number of rotatable bonds is 8. The number of carbonyl (C=O) groups excluding carboxylic acids is 2. The van der Waals surface area contributed by atoms with Gasteiger partial charge in [0.1, 0.15) is 6.61 Å². The molecule has 142 valence electrons. The van der Waals surface area contributed by atoms with Gasteiger partial charge in [0.15, 0.2) is 11.5 Å². The Morgan fingerprint density at radius 1 is 1.19 bits per heavy atom. The predicted molar refractivity (Wildman–Crippen MR) is 94.1 cm³/mol. The maximum Gasteiger partial charge on any atom is 0.338 e. The Labute approximate surface area is 152 Å². The molecule has 0 unspecified atom stereocenters. The number of methoxy groups -OCH3 is 2. The molecule has 1 aromatic rings. The molecule has 0 radical (unpaired) electrons. The molecule has 1 aliphatic rings. The Hall–Kier alpha value is -2.74. The number of ether oxygens (including phenoxy) is 4. The van der Waals surface area contributed by atoms with Crippen molar-refractivity contribution in [2.75, 3.05) is 34.0 Å². The van der Waals surface area contributed by atoms with E-state index in [0.29, 0.717) is 41.5 Å². The van der Waals surface area contributed by atoms with E-state index in [1.165, 1.54) is 14.2 Å². The number of esters is 1. The van der Waals surface area contributed by atoms with E-state index in [9.17, 15) is 9.59 Å². The standard InChI is InChI=1S/C18H24N2O6/c1-5-25-9-10-26-17(21)14-11(2)19-18(22)20-15(14)12-7-6-8-13(23-3)16(12)24-4/h6-8,15H,5,9-10H2,1-4H3,(H2,19,20,22)/t15-/m1/s1. The first-order chi connectivity index (χ1) is 12.5. The van der Waals surface area contributed by atoms with Crippen LogP contribution in [-0.4, -0.2) is 46.0 Å². The molecule has 2 rings (SSSR count). The molecule has 8 heteroatoms. The van der Waals surface area contributed by atoms with Gasteiger partial charge in [-0.2, -0.15) is 0 Å². The van der Waals surface area contributed by atoms with Crippen molar-refractivity contribution in [2.45, 2.75) is 19.9 Å². The van der Waals surface area contributed by atoms with Crippen LogP contribution >= 0.6 is 0 Å². The van der Waals surface area contributed by atoms with Gasteiger partial charge in [0, 0.05) is 17.9 Å². The van der Waals surface area contributed by atoms with E-state index < -0.39 is 18.0 Å². The molecule has 1 atom stereocenters. The molecule has 2 amide bonds. The van der Waals surface area contributed by atoms with Gasteiger partial charge in [0.25, 0.3) is 0 Å². The molecule has 1 aliphatic heterocycles. The summed E-state index contributed by atoms with van der Waals surface area (Å²) in [5, 5.41) is 5.35. The van der Waals surface area contributed by atoms with Gasteiger partial charge in [-0.1, -0.05) is 12.1 Å². The van der Waals surface area contributed by atoms with E-state index >= 15 is 0 Å². The summed E-state index contributed by atoms with van der Waals surface area (Å²) in [6, 6.07) is 4.12. The lowest BCUT2D eigenvalue weighted by molar-refractivity contribution is -0.141. The van der Waals surface area contributed by atoms with Crippen LogP contribution in [0.5, 0.6) is 11.5 Å². The number of allylic oxidation sites excluding steroid dienone is 1. The molecule has 0 fully saturated rings. The highest BCUT2D eigenvalue weighted by atomic mass is 16.6. The maximum atomic E-state index is 12.6. The monoisotopic (exact) mass is 364 g/mol. The van der Waals surface area contributed by atoms with Crippen LogP contribution in [0.4, 0.5) is 4.79 Å². The molecular weight excluding hydrogens is 340 g/mol. The van der Waals surface area contributed by atoms with Crippen LogP contribution in [0.15, 0.2) is 29.5 Å². The molecule has 1 heterocycles. The van der Waals surface area contributed by atoms with Gasteiger partial charge in [0.05, 0.1) is 32.4 Å². The Bertz CT molecular complexity index is 701. The van der Waals surface area contributed by atoms with Crippen LogP contribution in [0.25, 0.3) is 0 Å². The zero-order valence-corrected chi connectivity index (χ0v) is 15.4. The Morgan fingerprint density at radius 2 is 1.96 bits per heavy atom. The summed E-state index contributed by atoms with van der Waals surface area (Å²) in [4.78, 5) is 24.6. The first-order valence-electron chi connectivity index (χ1n) is 8.27. The molecule has 2 N–H and O–H groups in total. The molecule has 8 nitrogen and oxygen atoms in total. The van der Waals surface area contributed by atoms with Crippen molar-refractivity contribution in [3.8, 4) is 11.5 Å². The highest BCUT2D eigenvalue weighted by Gasteiger charge is 2.34. The van der Waals surface area contributed by atoms with Crippen LogP contribution in [0.3, 0.4) is 0 Å². The van der Waals surface area contributed by atoms with E-state index in [1.54, 1.807) is 25.1 Å². The fourth-order valence-corrected chi connectivity index (χ4v) is 2.75. The summed E-state index contributed by atoms with van der Waals surface area (Å²) in [5.41, 5.74) is 1.32. The van der Waals surface area contributed by atoms with Crippen molar-refractivity contribution in [3.63, 3.8) is 0 Å². The summed E-state index contributed by atoms with van der Waals surface area (Å²) in [7, 11) is 3.02. The van der Waals surface area contributed by atoms with E-state index in [1.807, 2.05) is 6.92 Å². The zero-order valence-electron chi connectivity index (χ0n) is 15.4. The van der Waals surface area contributed by atoms with E-state index in [4.69, 9.17) is 18.9 Å². The molecule has 0 spiro atoms. The van der Waals surface area contributed by atoms with Gasteiger partial charge in [0.2, 0.25) is 0 Å². The van der Waals surface area contributed by atoms with Gasteiger partial charge in [-0.3, -0.25) is 0 Å². The van der Waals surface area contributed by atoms with Gasteiger partial charge in [-0.05, 0) is 19.9 Å². The third-order valence-electron chi connectivity index (χ3n) is 3.90. The highest BCUT2D eigenvalue weighted by molar-refractivity contribution is 5.95. The number of carbonyl (C=O) groups is 2. The maximum absolute atomic E-state index is 12.6. The summed E-state index contributed by atoms with van der Waals surface area (Å²) in [6.45, 7) is 4.49. The van der Waals surface area contributed by atoms with Crippen molar-refractivity contribution < 1.29 is 28.5 Å². The smallest absolute Gasteiger partial charge is 0.338 e. The van der Waals surface area contributed by atoms with E-state index in [0.717, 1.165) is 0 Å². The first-order valence-corrected chi connectivity index (χ1v) is 8.27. The average Bonchev–Trinajstić information content (AvgIpc) is 2.63. The number of amides is 2. The summed E-state index contributed by atoms with van der Waals surface area (Å²) >= 11 is 0. The topological polar surface area (TPSA) is 95.1 Å². The lowest BCUT2D eigenvalue weighted by atomic mass is 9.94. The van der Waals surface area contributed by atoms with Crippen LogP contribution in [-0.2, 0) is 14.3 Å². The van der Waals surface area contributed by atoms with Crippen molar-refractivity contribution >= 4 is 12.0 Å². The second-order valence-electron chi connectivity index (χ2n) is 5.49. The van der Waals surface area contributed by atoms with Gasteiger partial charge in [-0.15, -0.1) is 0 Å². The Kier molecular flexibility index (Phi) is 6.85. The summed E-state index contributed by atoms with van der Waals surface area (Å²) < 4.78 is 21.2. The zero-order chi connectivity index (χ0) is 19.1. The highest BCUT2D eigenvalue weighted by Crippen LogP contribution is 2.38. The van der Waals surface area contributed by atoms with E-state index in [-0.39, 0.29) is 6.61 Å². The summed E-state index contributed by atoms with van der Waals surface area (Å²) in [5.74, 6) is 0.402. The van der Waals surface area contributed by atoms with Gasteiger partial charge in [-0.25, -0.2) is 9.59 Å². The molecule has 0 aromatic heterocycles. The number of benzene rings is 1. The number of urea groups is 1. The molecule has 0 saturated heterocycles. The average molecular weight is 364 g/mol. The van der Waals surface area contributed by atoms with Gasteiger partial charge < -0.3 is 29.6 Å². The third kappa shape index (κ3) is 4.26. The lowest BCUT2D eigenvalue weighted by Gasteiger charge is -2.29. The second kappa shape index (κ2) is 9.10. The number of hydrogen-bond donors (Lipinski definition) is 2. The normalized spacial score (nSPS) is 16.6. The van der Waals surface area contributed by atoms with Crippen molar-refractivity contribution in [1.82, 2.24) is 10.6 Å². The predicted octanol–water partition coefficient (Wildman–Crippen LogP) is 1.91. The minimum atomic E-state index is -0.728. The molecular formula is C18H24N2O6. The minimum absolute atomic E-state index is 0.124. The molecule has 26 heavy (non-hydrogen) atoms. The van der Waals surface area contributed by atoms with Crippen LogP contribution in [0.2, 0.25) is 0 Å². The quantitative estimate of drug-likeness (QED) is 0.540. The Morgan fingerprint density at radius 3 is 2.62 bits per heavy atom. The van der Waals surface area contributed by atoms with Crippen molar-refractivity contribution in [2.24, 2.45) is 0 Å². The largest absolute Gasteiger partial charge is 0.493 e. The molecule has 1 aromatic carbocycles. The number of nitrogens with one attached hydrogen (secondary N) is 2. The van der Waals surface area contributed by atoms with Gasteiger partial charge >= 0.3 is 12.0 Å². The Balaban J connectivity index is 2.37. The van der Waals surface area contributed by atoms with Crippen LogP contribution < -0.4 is 20.1 Å². The first kappa shape index (κ1) is 19.6. The third-order valence-corrected chi connectivity index (χ3v) is 3.90. The van der Waals surface area contributed by atoms with E-state index in [2.05, 4.69) is 10.6 Å². The fraction of sp³-hybridized carbons (Fsp3) is 0.444. The number of para-hydroxylation sites is 1.